The lowest BCUT2D eigenvalue weighted by Crippen LogP contribution is -2.43. The molecular formula is C20H24BrClN2. The number of hydrogen-bond acceptors (Lipinski definition) is 2. The van der Waals surface area contributed by atoms with E-state index in [-0.39, 0.29) is 0 Å². The standard InChI is InChI=1S/C20H24BrClN2/c21-19-14-17(6-7-20(19)22)15-24(18-8-11-23-12-9-18)13-10-16-4-2-1-3-5-16/h1-7,14,18,23H,8-13,15H2. The summed E-state index contributed by atoms with van der Waals surface area (Å²) in [5, 5.41) is 4.25. The first-order valence-electron chi connectivity index (χ1n) is 8.65. The van der Waals surface area contributed by atoms with Gasteiger partial charge in [0.2, 0.25) is 0 Å². The molecule has 2 aromatic carbocycles. The number of piperidine rings is 1. The van der Waals surface area contributed by atoms with Crippen LogP contribution in [0.15, 0.2) is 53.0 Å². The van der Waals surface area contributed by atoms with Crippen LogP contribution in [0.4, 0.5) is 0 Å². The molecule has 1 saturated heterocycles. The van der Waals surface area contributed by atoms with Crippen LogP contribution in [0.3, 0.4) is 0 Å². The van der Waals surface area contributed by atoms with Crippen LogP contribution in [-0.2, 0) is 13.0 Å². The van der Waals surface area contributed by atoms with Crippen molar-refractivity contribution in [1.82, 2.24) is 10.2 Å². The predicted molar refractivity (Wildman–Crippen MR) is 106 cm³/mol. The number of nitrogens with zero attached hydrogens (tertiary/aromatic N) is 1. The van der Waals surface area contributed by atoms with Crippen LogP contribution in [0.5, 0.6) is 0 Å². The normalized spacial score (nSPS) is 15.8. The summed E-state index contributed by atoms with van der Waals surface area (Å²) in [7, 11) is 0. The van der Waals surface area contributed by atoms with Crippen LogP contribution in [0.25, 0.3) is 0 Å². The third kappa shape index (κ3) is 5.06. The van der Waals surface area contributed by atoms with Crippen molar-refractivity contribution in [2.45, 2.75) is 31.8 Å². The second kappa shape index (κ2) is 9.00. The van der Waals surface area contributed by atoms with Gasteiger partial charge in [-0.05, 0) is 71.5 Å². The molecule has 0 unspecified atom stereocenters. The molecule has 3 rings (SSSR count). The molecule has 0 atom stereocenters. The van der Waals surface area contributed by atoms with E-state index in [0.717, 1.165) is 42.1 Å². The van der Waals surface area contributed by atoms with Crippen LogP contribution in [0.1, 0.15) is 24.0 Å². The van der Waals surface area contributed by atoms with Gasteiger partial charge >= 0.3 is 0 Å². The number of hydrogen-bond donors (Lipinski definition) is 1. The van der Waals surface area contributed by atoms with E-state index in [1.165, 1.54) is 24.0 Å². The minimum absolute atomic E-state index is 0.657. The molecule has 2 nitrogen and oxygen atoms in total. The van der Waals surface area contributed by atoms with Gasteiger partial charge in [-0.2, -0.15) is 0 Å². The van der Waals surface area contributed by atoms with E-state index < -0.39 is 0 Å². The van der Waals surface area contributed by atoms with Crippen LogP contribution >= 0.6 is 27.5 Å². The minimum Gasteiger partial charge on any atom is -0.317 e. The van der Waals surface area contributed by atoms with Crippen molar-refractivity contribution in [1.29, 1.82) is 0 Å². The second-order valence-corrected chi connectivity index (χ2v) is 7.70. The third-order valence-electron chi connectivity index (χ3n) is 4.73. The smallest absolute Gasteiger partial charge is 0.0548 e. The zero-order valence-electron chi connectivity index (χ0n) is 13.8. The zero-order chi connectivity index (χ0) is 16.8. The summed E-state index contributed by atoms with van der Waals surface area (Å²) in [6.07, 6.45) is 3.55. The van der Waals surface area contributed by atoms with Crippen LogP contribution in [0, 0.1) is 0 Å². The summed E-state index contributed by atoms with van der Waals surface area (Å²) in [5.41, 5.74) is 2.73. The van der Waals surface area contributed by atoms with E-state index in [0.29, 0.717) is 6.04 Å². The van der Waals surface area contributed by atoms with Gasteiger partial charge in [-0.1, -0.05) is 48.0 Å². The second-order valence-electron chi connectivity index (χ2n) is 6.44. The molecule has 0 spiro atoms. The zero-order valence-corrected chi connectivity index (χ0v) is 16.2. The monoisotopic (exact) mass is 406 g/mol. The Morgan fingerprint density at radius 3 is 2.50 bits per heavy atom. The Bertz CT molecular complexity index is 641. The van der Waals surface area contributed by atoms with Crippen molar-refractivity contribution in [3.05, 3.63) is 69.2 Å². The highest BCUT2D eigenvalue weighted by Gasteiger charge is 2.21. The van der Waals surface area contributed by atoms with Gasteiger partial charge in [0.1, 0.15) is 0 Å². The SMILES string of the molecule is Clc1ccc(CN(CCc2ccccc2)C2CCNCC2)cc1Br. The Morgan fingerprint density at radius 2 is 1.79 bits per heavy atom. The number of rotatable bonds is 6. The Kier molecular flexibility index (Phi) is 6.73. The predicted octanol–water partition coefficient (Wildman–Crippen LogP) is 4.90. The first-order valence-corrected chi connectivity index (χ1v) is 9.82. The molecule has 1 fully saturated rings. The minimum atomic E-state index is 0.657. The topological polar surface area (TPSA) is 15.3 Å². The molecule has 1 N–H and O–H groups in total. The maximum absolute atomic E-state index is 6.14. The van der Waals surface area contributed by atoms with Crippen molar-refractivity contribution in [3.8, 4) is 0 Å². The molecule has 0 bridgehead atoms. The van der Waals surface area contributed by atoms with E-state index >= 15 is 0 Å². The molecule has 128 valence electrons. The fourth-order valence-corrected chi connectivity index (χ4v) is 3.90. The molecule has 1 aliphatic rings. The maximum atomic E-state index is 6.14. The molecule has 0 aromatic heterocycles. The Hall–Kier alpha value is -0.870. The van der Waals surface area contributed by atoms with Gasteiger partial charge in [-0.25, -0.2) is 0 Å². The van der Waals surface area contributed by atoms with Crippen molar-refractivity contribution in [3.63, 3.8) is 0 Å². The molecular weight excluding hydrogens is 384 g/mol. The number of nitrogens with one attached hydrogen (secondary N) is 1. The van der Waals surface area contributed by atoms with Crippen LogP contribution in [-0.4, -0.2) is 30.6 Å². The van der Waals surface area contributed by atoms with E-state index in [2.05, 4.69) is 68.6 Å². The first kappa shape index (κ1) is 17.9. The average molecular weight is 408 g/mol. The van der Waals surface area contributed by atoms with E-state index in [4.69, 9.17) is 11.6 Å². The summed E-state index contributed by atoms with van der Waals surface area (Å²) in [4.78, 5) is 2.64. The fourth-order valence-electron chi connectivity index (χ4n) is 3.35. The number of halogens is 2. The molecule has 0 radical (unpaired) electrons. The molecule has 0 saturated carbocycles. The Labute approximate surface area is 158 Å². The molecule has 0 amide bonds. The van der Waals surface area contributed by atoms with Gasteiger partial charge in [0.15, 0.2) is 0 Å². The highest BCUT2D eigenvalue weighted by atomic mass is 79.9. The van der Waals surface area contributed by atoms with Gasteiger partial charge in [-0.15, -0.1) is 0 Å². The molecule has 1 aliphatic heterocycles. The first-order chi connectivity index (χ1) is 11.7. The summed E-state index contributed by atoms with van der Waals surface area (Å²) in [6.45, 7) is 4.32. The maximum Gasteiger partial charge on any atom is 0.0548 e. The van der Waals surface area contributed by atoms with Crippen LogP contribution < -0.4 is 5.32 Å². The van der Waals surface area contributed by atoms with Crippen molar-refractivity contribution < 1.29 is 0 Å². The third-order valence-corrected chi connectivity index (χ3v) is 5.94. The molecule has 1 heterocycles. The van der Waals surface area contributed by atoms with Gasteiger partial charge in [0, 0.05) is 23.6 Å². The van der Waals surface area contributed by atoms with Gasteiger partial charge < -0.3 is 5.32 Å². The Morgan fingerprint density at radius 1 is 1.04 bits per heavy atom. The van der Waals surface area contributed by atoms with Crippen molar-refractivity contribution >= 4 is 27.5 Å². The quantitative estimate of drug-likeness (QED) is 0.732. The van der Waals surface area contributed by atoms with E-state index in [9.17, 15) is 0 Å². The molecule has 2 aromatic rings. The van der Waals surface area contributed by atoms with Gasteiger partial charge in [0.25, 0.3) is 0 Å². The lowest BCUT2D eigenvalue weighted by molar-refractivity contribution is 0.155. The lowest BCUT2D eigenvalue weighted by Gasteiger charge is -2.35. The molecule has 4 heteroatoms. The summed E-state index contributed by atoms with van der Waals surface area (Å²) < 4.78 is 0.981. The molecule has 24 heavy (non-hydrogen) atoms. The highest BCUT2D eigenvalue weighted by Crippen LogP contribution is 2.25. The largest absolute Gasteiger partial charge is 0.317 e. The summed E-state index contributed by atoms with van der Waals surface area (Å²) in [5.74, 6) is 0. The van der Waals surface area contributed by atoms with Gasteiger partial charge in [-0.3, -0.25) is 4.90 Å². The lowest BCUT2D eigenvalue weighted by atomic mass is 10.0. The molecule has 0 aliphatic carbocycles. The number of benzene rings is 2. The van der Waals surface area contributed by atoms with E-state index in [1.807, 2.05) is 6.07 Å². The average Bonchev–Trinajstić information content (AvgIpc) is 2.63. The Balaban J connectivity index is 1.69. The summed E-state index contributed by atoms with van der Waals surface area (Å²) >= 11 is 9.69. The van der Waals surface area contributed by atoms with Gasteiger partial charge in [0.05, 0.1) is 5.02 Å². The van der Waals surface area contributed by atoms with E-state index in [1.54, 1.807) is 0 Å². The highest BCUT2D eigenvalue weighted by molar-refractivity contribution is 9.10. The summed E-state index contributed by atoms with van der Waals surface area (Å²) in [6, 6.07) is 17.7. The van der Waals surface area contributed by atoms with Crippen molar-refractivity contribution in [2.24, 2.45) is 0 Å². The van der Waals surface area contributed by atoms with Crippen molar-refractivity contribution in [2.75, 3.05) is 19.6 Å². The van der Waals surface area contributed by atoms with Crippen LogP contribution in [0.2, 0.25) is 5.02 Å². The fraction of sp³-hybridized carbons (Fsp3) is 0.400.